The van der Waals surface area contributed by atoms with Crippen molar-refractivity contribution in [3.05, 3.63) is 17.6 Å². The molecule has 84 valence electrons. The third kappa shape index (κ3) is 4.01. The Labute approximate surface area is 95.0 Å². The Hall–Kier alpha value is -0.870. The number of hydrogen-bond donors (Lipinski definition) is 1. The summed E-state index contributed by atoms with van der Waals surface area (Å²) in [5, 5.41) is 3.20. The van der Waals surface area contributed by atoms with Gasteiger partial charge >= 0.3 is 0 Å². The summed E-state index contributed by atoms with van der Waals surface area (Å²) in [7, 11) is 1.65. The van der Waals surface area contributed by atoms with E-state index in [0.717, 1.165) is 17.3 Å². The molecule has 1 rings (SSSR count). The molecule has 1 atom stereocenters. The molecule has 1 aromatic heterocycles. The maximum absolute atomic E-state index is 5.79. The summed E-state index contributed by atoms with van der Waals surface area (Å²) in [5.41, 5.74) is 0.940. The second kappa shape index (κ2) is 5.88. The molecule has 0 spiro atoms. The van der Waals surface area contributed by atoms with E-state index in [4.69, 9.17) is 16.3 Å². The fourth-order valence-corrected chi connectivity index (χ4v) is 1.49. The maximum Gasteiger partial charge on any atom is 0.130 e. The number of nitrogens with one attached hydrogen (secondary N) is 1. The first-order valence-electron chi connectivity index (χ1n) is 4.79. The van der Waals surface area contributed by atoms with Crippen molar-refractivity contribution in [2.45, 2.75) is 19.9 Å². The van der Waals surface area contributed by atoms with Crippen LogP contribution in [-0.2, 0) is 4.74 Å². The summed E-state index contributed by atoms with van der Waals surface area (Å²) in [6.45, 7) is 4.36. The van der Waals surface area contributed by atoms with Crippen molar-refractivity contribution in [2.75, 3.05) is 24.9 Å². The number of aryl methyl sites for hydroxylation is 2. The number of ether oxygens (including phenoxy) is 1. The molecule has 0 aliphatic carbocycles. The molecule has 0 saturated carbocycles. The molecule has 1 heterocycles. The van der Waals surface area contributed by atoms with Crippen LogP contribution < -0.4 is 5.32 Å². The van der Waals surface area contributed by atoms with Crippen LogP contribution in [0.5, 0.6) is 0 Å². The van der Waals surface area contributed by atoms with Gasteiger partial charge in [-0.05, 0) is 13.8 Å². The zero-order valence-corrected chi connectivity index (χ0v) is 10.0. The van der Waals surface area contributed by atoms with Crippen LogP contribution >= 0.6 is 11.6 Å². The average Bonchev–Trinajstić information content (AvgIpc) is 2.15. The second-order valence-corrected chi connectivity index (χ2v) is 3.70. The van der Waals surface area contributed by atoms with Gasteiger partial charge in [-0.15, -0.1) is 11.6 Å². The van der Waals surface area contributed by atoms with Gasteiger partial charge in [-0.25, -0.2) is 9.97 Å². The van der Waals surface area contributed by atoms with E-state index in [9.17, 15) is 0 Å². The van der Waals surface area contributed by atoms with Crippen LogP contribution in [-0.4, -0.2) is 35.6 Å². The minimum atomic E-state index is 0.0744. The van der Waals surface area contributed by atoms with Gasteiger partial charge < -0.3 is 10.1 Å². The quantitative estimate of drug-likeness (QED) is 0.782. The number of hydrogen-bond acceptors (Lipinski definition) is 4. The molecule has 0 amide bonds. The largest absolute Gasteiger partial charge is 0.383 e. The van der Waals surface area contributed by atoms with Crippen molar-refractivity contribution < 1.29 is 4.74 Å². The molecule has 1 N–H and O–H groups in total. The molecule has 5 heteroatoms. The van der Waals surface area contributed by atoms with Crippen molar-refractivity contribution in [3.63, 3.8) is 0 Å². The highest BCUT2D eigenvalue weighted by Crippen LogP contribution is 2.08. The Morgan fingerprint density at radius 2 is 2.20 bits per heavy atom. The van der Waals surface area contributed by atoms with Crippen molar-refractivity contribution in [3.8, 4) is 0 Å². The van der Waals surface area contributed by atoms with Crippen molar-refractivity contribution in [1.82, 2.24) is 9.97 Å². The van der Waals surface area contributed by atoms with Crippen LogP contribution in [0.2, 0.25) is 0 Å². The second-order valence-electron chi connectivity index (χ2n) is 3.39. The third-order valence-electron chi connectivity index (χ3n) is 1.87. The van der Waals surface area contributed by atoms with Crippen LogP contribution in [0.25, 0.3) is 0 Å². The van der Waals surface area contributed by atoms with Gasteiger partial charge in [-0.3, -0.25) is 0 Å². The summed E-state index contributed by atoms with van der Waals surface area (Å²) in [5.74, 6) is 2.03. The van der Waals surface area contributed by atoms with Gasteiger partial charge in [-0.1, -0.05) is 0 Å². The number of alkyl halides is 1. The predicted molar refractivity (Wildman–Crippen MR) is 61.5 cm³/mol. The zero-order chi connectivity index (χ0) is 11.3. The molecule has 0 fully saturated rings. The van der Waals surface area contributed by atoms with Gasteiger partial charge in [0.25, 0.3) is 0 Å². The Morgan fingerprint density at radius 3 is 2.73 bits per heavy atom. The number of aromatic nitrogens is 2. The molecule has 0 saturated heterocycles. The van der Waals surface area contributed by atoms with Gasteiger partial charge in [0.05, 0.1) is 12.6 Å². The lowest BCUT2D eigenvalue weighted by Gasteiger charge is -2.15. The molecule has 1 aromatic rings. The molecule has 0 aromatic carbocycles. The monoisotopic (exact) mass is 229 g/mol. The van der Waals surface area contributed by atoms with Crippen LogP contribution in [0.15, 0.2) is 6.07 Å². The van der Waals surface area contributed by atoms with Crippen molar-refractivity contribution in [2.24, 2.45) is 0 Å². The van der Waals surface area contributed by atoms with E-state index in [0.29, 0.717) is 12.5 Å². The van der Waals surface area contributed by atoms with Crippen LogP contribution in [0.4, 0.5) is 5.82 Å². The summed E-state index contributed by atoms with van der Waals surface area (Å²) in [4.78, 5) is 8.47. The standard InChI is InChI=1S/C10H16ClN3O/c1-7-4-10(13-8(2)12-7)14-9(5-11)6-15-3/h4,9H,5-6H2,1-3H3,(H,12,13,14). The molecule has 15 heavy (non-hydrogen) atoms. The summed E-state index contributed by atoms with van der Waals surface area (Å²) in [6, 6.07) is 1.97. The van der Waals surface area contributed by atoms with E-state index < -0.39 is 0 Å². The highest BCUT2D eigenvalue weighted by molar-refractivity contribution is 6.18. The van der Waals surface area contributed by atoms with Gasteiger partial charge in [0, 0.05) is 24.8 Å². The topological polar surface area (TPSA) is 47.0 Å². The van der Waals surface area contributed by atoms with Gasteiger partial charge in [0.15, 0.2) is 0 Å². The van der Waals surface area contributed by atoms with E-state index in [1.54, 1.807) is 7.11 Å². The first kappa shape index (κ1) is 12.2. The predicted octanol–water partition coefficient (Wildman–Crippen LogP) is 1.76. The average molecular weight is 230 g/mol. The van der Waals surface area contributed by atoms with Gasteiger partial charge in [0.1, 0.15) is 11.6 Å². The molecule has 0 aliphatic rings. The lowest BCUT2D eigenvalue weighted by atomic mass is 10.3. The molecule has 0 radical (unpaired) electrons. The Morgan fingerprint density at radius 1 is 1.47 bits per heavy atom. The normalized spacial score (nSPS) is 12.5. The number of rotatable bonds is 5. The molecule has 1 unspecified atom stereocenters. The lowest BCUT2D eigenvalue weighted by molar-refractivity contribution is 0.191. The highest BCUT2D eigenvalue weighted by Gasteiger charge is 2.08. The first-order valence-corrected chi connectivity index (χ1v) is 5.33. The summed E-state index contributed by atoms with van der Waals surface area (Å²) >= 11 is 5.79. The maximum atomic E-state index is 5.79. The molecular formula is C10H16ClN3O. The third-order valence-corrected chi connectivity index (χ3v) is 2.24. The minimum Gasteiger partial charge on any atom is -0.383 e. The van der Waals surface area contributed by atoms with Gasteiger partial charge in [-0.2, -0.15) is 0 Å². The summed E-state index contributed by atoms with van der Waals surface area (Å²) < 4.78 is 5.04. The van der Waals surface area contributed by atoms with E-state index in [2.05, 4.69) is 15.3 Å². The fraction of sp³-hybridized carbons (Fsp3) is 0.600. The number of methoxy groups -OCH3 is 1. The highest BCUT2D eigenvalue weighted by atomic mass is 35.5. The van der Waals surface area contributed by atoms with Gasteiger partial charge in [0.2, 0.25) is 0 Å². The van der Waals surface area contributed by atoms with E-state index in [1.165, 1.54) is 0 Å². The SMILES string of the molecule is COCC(CCl)Nc1cc(C)nc(C)n1. The number of nitrogens with zero attached hydrogens (tertiary/aromatic N) is 2. The number of anilines is 1. The Kier molecular flexibility index (Phi) is 4.78. The lowest BCUT2D eigenvalue weighted by Crippen LogP contribution is -2.27. The van der Waals surface area contributed by atoms with Crippen molar-refractivity contribution >= 4 is 17.4 Å². The smallest absolute Gasteiger partial charge is 0.130 e. The Bertz CT molecular complexity index is 299. The molecular weight excluding hydrogens is 214 g/mol. The minimum absolute atomic E-state index is 0.0744. The molecule has 0 bridgehead atoms. The first-order chi connectivity index (χ1) is 7.15. The molecule has 4 nitrogen and oxygen atoms in total. The Balaban J connectivity index is 2.69. The summed E-state index contributed by atoms with van der Waals surface area (Å²) in [6.07, 6.45) is 0. The van der Waals surface area contributed by atoms with Crippen LogP contribution in [0, 0.1) is 13.8 Å². The zero-order valence-electron chi connectivity index (χ0n) is 9.25. The fourth-order valence-electron chi connectivity index (χ4n) is 1.33. The van der Waals surface area contributed by atoms with E-state index in [1.807, 2.05) is 19.9 Å². The number of halogens is 1. The van der Waals surface area contributed by atoms with Crippen molar-refractivity contribution in [1.29, 1.82) is 0 Å². The van der Waals surface area contributed by atoms with Crippen LogP contribution in [0.3, 0.4) is 0 Å². The molecule has 0 aliphatic heterocycles. The van der Waals surface area contributed by atoms with E-state index >= 15 is 0 Å². The van der Waals surface area contributed by atoms with E-state index in [-0.39, 0.29) is 6.04 Å². The van der Waals surface area contributed by atoms with Crippen LogP contribution in [0.1, 0.15) is 11.5 Å².